The van der Waals surface area contributed by atoms with Crippen LogP contribution in [0.3, 0.4) is 0 Å². The highest BCUT2D eigenvalue weighted by atomic mass is 16.2. The van der Waals surface area contributed by atoms with Gasteiger partial charge in [-0.25, -0.2) is 0 Å². The minimum Gasteiger partial charge on any atom is -0.353 e. The topological polar surface area (TPSA) is 25.2 Å². The molecule has 0 bridgehead atoms. The second kappa shape index (κ2) is 6.17. The smallest absolute Gasteiger partial charge is 0.254 e. The first kappa shape index (κ1) is 13.9. The quantitative estimate of drug-likeness (QED) is 0.823. The molecule has 3 rings (SSSR count). The molecule has 0 spiro atoms. The Hall–Kier alpha value is -2.03. The van der Waals surface area contributed by atoms with Gasteiger partial charge in [0.05, 0.1) is 6.04 Å². The molecule has 2 aromatic rings. The molecule has 1 aromatic heterocycles. The number of benzene rings is 1. The number of hydrogen-bond donors (Lipinski definition) is 0. The van der Waals surface area contributed by atoms with Crippen LogP contribution in [0.5, 0.6) is 0 Å². The van der Waals surface area contributed by atoms with E-state index in [9.17, 15) is 4.79 Å². The van der Waals surface area contributed by atoms with Crippen LogP contribution in [0.25, 0.3) is 0 Å². The maximum absolute atomic E-state index is 12.9. The van der Waals surface area contributed by atoms with E-state index in [1.807, 2.05) is 30.3 Å². The van der Waals surface area contributed by atoms with Crippen LogP contribution in [0, 0.1) is 0 Å². The van der Waals surface area contributed by atoms with Crippen LogP contribution in [-0.4, -0.2) is 21.9 Å². The first-order valence-corrected chi connectivity index (χ1v) is 7.74. The summed E-state index contributed by atoms with van der Waals surface area (Å²) in [6.07, 6.45) is 6.61. The molecule has 3 nitrogen and oxygen atoms in total. The molecule has 0 N–H and O–H groups in total. The summed E-state index contributed by atoms with van der Waals surface area (Å²) in [5, 5.41) is 0. The molecule has 1 amide bonds. The summed E-state index contributed by atoms with van der Waals surface area (Å²) in [5.74, 6) is 0.156. The van der Waals surface area contributed by atoms with Crippen molar-refractivity contribution in [2.75, 3.05) is 6.54 Å². The van der Waals surface area contributed by atoms with Crippen LogP contribution in [0.1, 0.15) is 47.8 Å². The van der Waals surface area contributed by atoms with E-state index in [1.165, 1.54) is 18.5 Å². The van der Waals surface area contributed by atoms with Gasteiger partial charge >= 0.3 is 0 Å². The predicted octanol–water partition coefficient (Wildman–Crippen LogP) is 3.78. The average molecular weight is 282 g/mol. The van der Waals surface area contributed by atoms with E-state index in [2.05, 4.69) is 34.8 Å². The van der Waals surface area contributed by atoms with Crippen LogP contribution >= 0.6 is 0 Å². The lowest BCUT2D eigenvalue weighted by molar-refractivity contribution is 0.0674. The molecule has 1 aliphatic rings. The molecule has 21 heavy (non-hydrogen) atoms. The summed E-state index contributed by atoms with van der Waals surface area (Å²) >= 11 is 0. The number of aryl methyl sites for hydroxylation is 1. The molecule has 0 aliphatic carbocycles. The molecule has 1 atom stereocenters. The molecule has 1 aliphatic heterocycles. The van der Waals surface area contributed by atoms with Crippen molar-refractivity contribution in [2.24, 2.45) is 7.05 Å². The Kier molecular flexibility index (Phi) is 4.09. The fourth-order valence-electron chi connectivity index (χ4n) is 3.23. The highest BCUT2D eigenvalue weighted by Gasteiger charge is 2.28. The lowest BCUT2D eigenvalue weighted by Gasteiger charge is -2.30. The van der Waals surface area contributed by atoms with Gasteiger partial charge in [-0.05, 0) is 37.1 Å². The predicted molar refractivity (Wildman–Crippen MR) is 84.1 cm³/mol. The number of carbonyl (C=O) groups excluding carboxylic acids is 1. The second-order valence-corrected chi connectivity index (χ2v) is 5.77. The van der Waals surface area contributed by atoms with E-state index in [0.717, 1.165) is 24.9 Å². The third-order valence-corrected chi connectivity index (χ3v) is 4.36. The highest BCUT2D eigenvalue weighted by molar-refractivity contribution is 5.94. The van der Waals surface area contributed by atoms with Gasteiger partial charge in [-0.2, -0.15) is 0 Å². The summed E-state index contributed by atoms with van der Waals surface area (Å²) in [5.41, 5.74) is 2.03. The van der Waals surface area contributed by atoms with Gasteiger partial charge in [-0.1, -0.05) is 31.0 Å². The molecule has 1 saturated heterocycles. The lowest BCUT2D eigenvalue weighted by atomic mass is 10.1. The number of nitrogens with zero attached hydrogens (tertiary/aromatic N) is 2. The summed E-state index contributed by atoms with van der Waals surface area (Å²) in [6, 6.07) is 14.0. The first-order chi connectivity index (χ1) is 10.3. The standard InChI is InChI=1S/C18H22N2O/c1-19-13-8-12-16(19)17-11-6-3-7-14-20(17)18(21)15-9-4-2-5-10-15/h2,4-5,8-10,12-13,17H,3,6-7,11,14H2,1H3. The third kappa shape index (κ3) is 2.87. The fourth-order valence-corrected chi connectivity index (χ4v) is 3.23. The summed E-state index contributed by atoms with van der Waals surface area (Å²) in [4.78, 5) is 15.0. The van der Waals surface area contributed by atoms with Gasteiger partial charge in [-0.3, -0.25) is 4.79 Å². The molecular weight excluding hydrogens is 260 g/mol. The zero-order valence-corrected chi connectivity index (χ0v) is 12.5. The molecule has 3 heteroatoms. The van der Waals surface area contributed by atoms with Gasteiger partial charge < -0.3 is 9.47 Å². The molecule has 0 radical (unpaired) electrons. The molecule has 2 heterocycles. The zero-order valence-electron chi connectivity index (χ0n) is 12.5. The number of likely N-dealkylation sites (tertiary alicyclic amines) is 1. The van der Waals surface area contributed by atoms with Gasteiger partial charge in [0.1, 0.15) is 0 Å². The Morgan fingerprint density at radius 3 is 2.57 bits per heavy atom. The molecule has 0 saturated carbocycles. The van der Waals surface area contributed by atoms with Crippen molar-refractivity contribution >= 4 is 5.91 Å². The third-order valence-electron chi connectivity index (χ3n) is 4.36. The molecular formula is C18H22N2O. The Morgan fingerprint density at radius 1 is 1.05 bits per heavy atom. The molecule has 1 aromatic carbocycles. The number of rotatable bonds is 2. The Morgan fingerprint density at radius 2 is 1.86 bits per heavy atom. The van der Waals surface area contributed by atoms with Crippen molar-refractivity contribution in [3.8, 4) is 0 Å². The van der Waals surface area contributed by atoms with Crippen LogP contribution in [0.4, 0.5) is 0 Å². The largest absolute Gasteiger partial charge is 0.353 e. The normalized spacial score (nSPS) is 19.3. The van der Waals surface area contributed by atoms with Gasteiger partial charge in [0.15, 0.2) is 0 Å². The monoisotopic (exact) mass is 282 g/mol. The summed E-state index contributed by atoms with van der Waals surface area (Å²) in [6.45, 7) is 0.851. The second-order valence-electron chi connectivity index (χ2n) is 5.77. The van der Waals surface area contributed by atoms with Crippen molar-refractivity contribution in [3.63, 3.8) is 0 Å². The number of aromatic nitrogens is 1. The average Bonchev–Trinajstić information content (AvgIpc) is 2.80. The van der Waals surface area contributed by atoms with Crippen LogP contribution in [0.2, 0.25) is 0 Å². The van der Waals surface area contributed by atoms with Crippen molar-refractivity contribution in [2.45, 2.75) is 31.7 Å². The van der Waals surface area contributed by atoms with Gasteiger partial charge in [-0.15, -0.1) is 0 Å². The van der Waals surface area contributed by atoms with Crippen molar-refractivity contribution in [1.29, 1.82) is 0 Å². The van der Waals surface area contributed by atoms with E-state index < -0.39 is 0 Å². The number of hydrogen-bond acceptors (Lipinski definition) is 1. The molecule has 1 fully saturated rings. The Bertz CT molecular complexity index is 603. The summed E-state index contributed by atoms with van der Waals surface area (Å²) < 4.78 is 2.14. The SMILES string of the molecule is Cn1cccc1C1CCCCCN1C(=O)c1ccccc1. The van der Waals surface area contributed by atoms with E-state index in [1.54, 1.807) is 0 Å². The maximum atomic E-state index is 12.9. The molecule has 110 valence electrons. The van der Waals surface area contributed by atoms with Gasteiger partial charge in [0.25, 0.3) is 5.91 Å². The fraction of sp³-hybridized carbons (Fsp3) is 0.389. The highest BCUT2D eigenvalue weighted by Crippen LogP contribution is 2.31. The van der Waals surface area contributed by atoms with E-state index in [0.29, 0.717) is 0 Å². The first-order valence-electron chi connectivity index (χ1n) is 7.74. The lowest BCUT2D eigenvalue weighted by Crippen LogP contribution is -2.35. The molecule has 1 unspecified atom stereocenters. The van der Waals surface area contributed by atoms with E-state index >= 15 is 0 Å². The Labute approximate surface area is 126 Å². The van der Waals surface area contributed by atoms with Crippen molar-refractivity contribution in [3.05, 3.63) is 59.9 Å². The minimum absolute atomic E-state index is 0.156. The number of carbonyl (C=O) groups is 1. The summed E-state index contributed by atoms with van der Waals surface area (Å²) in [7, 11) is 2.06. The maximum Gasteiger partial charge on any atom is 0.254 e. The van der Waals surface area contributed by atoms with Crippen LogP contribution < -0.4 is 0 Å². The van der Waals surface area contributed by atoms with Gasteiger partial charge in [0.2, 0.25) is 0 Å². The van der Waals surface area contributed by atoms with Crippen LogP contribution in [-0.2, 0) is 7.05 Å². The van der Waals surface area contributed by atoms with Gasteiger partial charge in [0, 0.05) is 31.0 Å². The van der Waals surface area contributed by atoms with E-state index in [4.69, 9.17) is 0 Å². The van der Waals surface area contributed by atoms with Crippen molar-refractivity contribution in [1.82, 2.24) is 9.47 Å². The number of amides is 1. The van der Waals surface area contributed by atoms with Crippen molar-refractivity contribution < 1.29 is 4.79 Å². The van der Waals surface area contributed by atoms with E-state index in [-0.39, 0.29) is 11.9 Å². The Balaban J connectivity index is 1.92. The van der Waals surface area contributed by atoms with Crippen LogP contribution in [0.15, 0.2) is 48.7 Å². The minimum atomic E-state index is 0.156. The zero-order chi connectivity index (χ0) is 14.7.